The predicted octanol–water partition coefficient (Wildman–Crippen LogP) is 2.99. The minimum Gasteiger partial charge on any atom is -0.480 e. The van der Waals surface area contributed by atoms with Crippen LogP contribution in [0, 0.1) is 20.8 Å². The average molecular weight is 304 g/mol. The maximum absolute atomic E-state index is 12.6. The van der Waals surface area contributed by atoms with Gasteiger partial charge in [-0.25, -0.2) is 4.68 Å². The second-order valence-corrected chi connectivity index (χ2v) is 5.80. The van der Waals surface area contributed by atoms with E-state index in [1.165, 1.54) is 0 Å². The summed E-state index contributed by atoms with van der Waals surface area (Å²) in [5, 5.41) is 7.20. The van der Waals surface area contributed by atoms with E-state index in [2.05, 4.69) is 28.8 Å². The lowest BCUT2D eigenvalue weighted by molar-refractivity contribution is 0.102. The second-order valence-electron chi connectivity index (χ2n) is 5.80. The number of rotatable bonds is 4. The summed E-state index contributed by atoms with van der Waals surface area (Å²) in [7, 11) is 3.35. The molecular weight excluding hydrogens is 280 g/mol. The Morgan fingerprint density at radius 3 is 2.45 bits per heavy atom. The average Bonchev–Trinajstić information content (AvgIpc) is 2.86. The molecule has 2 heterocycles. The van der Waals surface area contributed by atoms with Gasteiger partial charge in [-0.2, -0.15) is 5.10 Å². The number of anilines is 1. The Hall–Kier alpha value is -2.24. The van der Waals surface area contributed by atoms with E-state index in [1.54, 1.807) is 18.8 Å². The molecule has 1 amide bonds. The fraction of sp³-hybridized carbons (Fsp3) is 0.500. The van der Waals surface area contributed by atoms with Gasteiger partial charge in [0.15, 0.2) is 0 Å². The monoisotopic (exact) mass is 304 g/mol. The van der Waals surface area contributed by atoms with Crippen LogP contribution in [0.25, 0.3) is 0 Å². The van der Waals surface area contributed by atoms with Crippen LogP contribution in [0.1, 0.15) is 47.3 Å². The van der Waals surface area contributed by atoms with Crippen molar-refractivity contribution in [3.63, 3.8) is 0 Å². The van der Waals surface area contributed by atoms with Crippen LogP contribution in [-0.2, 0) is 7.05 Å². The summed E-state index contributed by atoms with van der Waals surface area (Å²) in [6, 6.07) is 2.24. The van der Waals surface area contributed by atoms with Gasteiger partial charge in [-0.3, -0.25) is 4.79 Å². The number of hydrogen-bond acceptors (Lipinski definition) is 3. The smallest absolute Gasteiger partial charge is 0.257 e. The van der Waals surface area contributed by atoms with Crippen molar-refractivity contribution in [2.75, 3.05) is 12.4 Å². The maximum atomic E-state index is 12.6. The van der Waals surface area contributed by atoms with E-state index in [-0.39, 0.29) is 5.91 Å². The minimum atomic E-state index is -0.144. The molecule has 0 bridgehead atoms. The highest BCUT2D eigenvalue weighted by atomic mass is 16.5. The van der Waals surface area contributed by atoms with Gasteiger partial charge in [-0.1, -0.05) is 0 Å². The number of nitrogens with one attached hydrogen (secondary N) is 1. The molecule has 6 heteroatoms. The van der Waals surface area contributed by atoms with Crippen molar-refractivity contribution in [3.8, 4) is 5.88 Å². The van der Waals surface area contributed by atoms with Crippen molar-refractivity contribution in [1.82, 2.24) is 14.3 Å². The van der Waals surface area contributed by atoms with Crippen molar-refractivity contribution in [1.29, 1.82) is 0 Å². The first-order valence-corrected chi connectivity index (χ1v) is 7.35. The lowest BCUT2D eigenvalue weighted by Crippen LogP contribution is -2.14. The van der Waals surface area contributed by atoms with Crippen LogP contribution in [-0.4, -0.2) is 27.4 Å². The molecule has 2 aromatic heterocycles. The fourth-order valence-electron chi connectivity index (χ4n) is 3.00. The van der Waals surface area contributed by atoms with Gasteiger partial charge in [0.05, 0.1) is 18.4 Å². The number of hydrogen-bond donors (Lipinski definition) is 1. The lowest BCUT2D eigenvalue weighted by atomic mass is 10.2. The quantitative estimate of drug-likeness (QED) is 0.944. The minimum absolute atomic E-state index is 0.144. The molecule has 0 aliphatic carbocycles. The van der Waals surface area contributed by atoms with E-state index in [1.807, 2.05) is 26.8 Å². The summed E-state index contributed by atoms with van der Waals surface area (Å²) in [6.07, 6.45) is 0. The summed E-state index contributed by atoms with van der Waals surface area (Å²) in [5.74, 6) is 0.401. The highest BCUT2D eigenvalue weighted by Gasteiger charge is 2.21. The van der Waals surface area contributed by atoms with Crippen LogP contribution in [0.15, 0.2) is 6.07 Å². The highest BCUT2D eigenvalue weighted by molar-refractivity contribution is 6.06. The molecule has 1 N–H and O–H groups in total. The van der Waals surface area contributed by atoms with Gasteiger partial charge in [-0.15, -0.1) is 0 Å². The molecule has 0 spiro atoms. The lowest BCUT2D eigenvalue weighted by Gasteiger charge is -2.13. The number of amides is 1. The van der Waals surface area contributed by atoms with Gasteiger partial charge in [0, 0.05) is 24.5 Å². The molecule has 0 saturated carbocycles. The normalized spacial score (nSPS) is 11.1. The summed E-state index contributed by atoms with van der Waals surface area (Å²) >= 11 is 0. The van der Waals surface area contributed by atoms with Gasteiger partial charge in [0.2, 0.25) is 5.88 Å². The van der Waals surface area contributed by atoms with Gasteiger partial charge in [0.25, 0.3) is 5.91 Å². The molecule has 0 radical (unpaired) electrons. The first kappa shape index (κ1) is 16.1. The largest absolute Gasteiger partial charge is 0.480 e. The van der Waals surface area contributed by atoms with Crippen molar-refractivity contribution in [2.24, 2.45) is 7.05 Å². The standard InChI is InChI=1S/C16H24N4O2/c1-9(2)20-10(3)8-13(12(20)5)15(21)17-14-11(4)18-19(6)16(14)22-7/h8-9H,1-7H3,(H,17,21). The number of aryl methyl sites for hydroxylation is 3. The Labute approximate surface area is 131 Å². The number of ether oxygens (including phenoxy) is 1. The van der Waals surface area contributed by atoms with Crippen LogP contribution < -0.4 is 10.1 Å². The van der Waals surface area contributed by atoms with Crippen LogP contribution >= 0.6 is 0 Å². The van der Waals surface area contributed by atoms with Crippen LogP contribution in [0.2, 0.25) is 0 Å². The molecule has 6 nitrogen and oxygen atoms in total. The topological polar surface area (TPSA) is 61.1 Å². The first-order chi connectivity index (χ1) is 10.3. The van der Waals surface area contributed by atoms with Crippen LogP contribution in [0.5, 0.6) is 5.88 Å². The predicted molar refractivity (Wildman–Crippen MR) is 86.7 cm³/mol. The molecule has 0 fully saturated rings. The number of nitrogens with zero attached hydrogens (tertiary/aromatic N) is 3. The first-order valence-electron chi connectivity index (χ1n) is 7.35. The zero-order valence-corrected chi connectivity index (χ0v) is 14.3. The van der Waals surface area contributed by atoms with Crippen molar-refractivity contribution >= 4 is 11.6 Å². The molecule has 0 saturated heterocycles. The van der Waals surface area contributed by atoms with Crippen molar-refractivity contribution in [2.45, 2.75) is 40.7 Å². The van der Waals surface area contributed by atoms with Crippen LogP contribution in [0.3, 0.4) is 0 Å². The van der Waals surface area contributed by atoms with E-state index < -0.39 is 0 Å². The van der Waals surface area contributed by atoms with Gasteiger partial charge in [-0.05, 0) is 40.7 Å². The molecule has 0 aromatic carbocycles. The molecule has 22 heavy (non-hydrogen) atoms. The summed E-state index contributed by atoms with van der Waals surface area (Å²) in [6.45, 7) is 10.0. The molecule has 2 rings (SSSR count). The molecule has 0 aliphatic rings. The van der Waals surface area contributed by atoms with E-state index in [0.717, 1.165) is 17.1 Å². The molecule has 2 aromatic rings. The zero-order chi connectivity index (χ0) is 16.6. The molecule has 0 aliphatic heterocycles. The Morgan fingerprint density at radius 1 is 1.32 bits per heavy atom. The molecule has 0 unspecified atom stereocenters. The SMILES string of the molecule is COc1c(NC(=O)c2cc(C)n(C(C)C)c2C)c(C)nn1C. The second kappa shape index (κ2) is 5.87. The Bertz CT molecular complexity index is 710. The van der Waals surface area contributed by atoms with Crippen LogP contribution in [0.4, 0.5) is 5.69 Å². The third-order valence-corrected chi connectivity index (χ3v) is 3.85. The third-order valence-electron chi connectivity index (χ3n) is 3.85. The number of methoxy groups -OCH3 is 1. The Balaban J connectivity index is 2.37. The van der Waals surface area contributed by atoms with Gasteiger partial charge < -0.3 is 14.6 Å². The summed E-state index contributed by atoms with van der Waals surface area (Å²) in [4.78, 5) is 12.6. The number of aromatic nitrogens is 3. The third kappa shape index (κ3) is 2.61. The zero-order valence-electron chi connectivity index (χ0n) is 14.3. The van der Waals surface area contributed by atoms with Gasteiger partial charge in [0.1, 0.15) is 5.69 Å². The van der Waals surface area contributed by atoms with Crippen molar-refractivity contribution in [3.05, 3.63) is 28.7 Å². The van der Waals surface area contributed by atoms with E-state index >= 15 is 0 Å². The number of carbonyl (C=O) groups is 1. The molecule has 0 atom stereocenters. The van der Waals surface area contributed by atoms with E-state index in [9.17, 15) is 4.79 Å². The fourth-order valence-corrected chi connectivity index (χ4v) is 3.00. The summed E-state index contributed by atoms with van der Waals surface area (Å²) < 4.78 is 9.08. The Morgan fingerprint density at radius 2 is 1.95 bits per heavy atom. The Kier molecular flexibility index (Phi) is 4.30. The van der Waals surface area contributed by atoms with Crippen molar-refractivity contribution < 1.29 is 9.53 Å². The molecular formula is C16H24N4O2. The van der Waals surface area contributed by atoms with E-state index in [0.29, 0.717) is 23.2 Å². The molecule has 120 valence electrons. The van der Waals surface area contributed by atoms with E-state index in [4.69, 9.17) is 4.74 Å². The highest BCUT2D eigenvalue weighted by Crippen LogP contribution is 2.28. The number of carbonyl (C=O) groups excluding carboxylic acids is 1. The maximum Gasteiger partial charge on any atom is 0.257 e. The van der Waals surface area contributed by atoms with Gasteiger partial charge >= 0.3 is 0 Å². The summed E-state index contributed by atoms with van der Waals surface area (Å²) in [5.41, 5.74) is 4.06.